The highest BCUT2D eigenvalue weighted by molar-refractivity contribution is 6.30. The number of rotatable bonds is 6. The van der Waals surface area contributed by atoms with Crippen LogP contribution in [-0.2, 0) is 6.54 Å². The molecule has 0 fully saturated rings. The molecule has 4 aromatic rings. The monoisotopic (exact) mass is 406 g/mol. The Bertz CT molecular complexity index is 1140. The van der Waals surface area contributed by atoms with Gasteiger partial charge in [-0.25, -0.2) is 0 Å². The molecule has 0 radical (unpaired) electrons. The van der Waals surface area contributed by atoms with E-state index in [-0.39, 0.29) is 11.7 Å². The number of carbonyl (C=O) groups excluding carboxylic acids is 1. The van der Waals surface area contributed by atoms with Crippen LogP contribution in [0.5, 0.6) is 5.75 Å². The van der Waals surface area contributed by atoms with E-state index in [2.05, 4.69) is 10.6 Å². The molecule has 0 saturated heterocycles. The van der Waals surface area contributed by atoms with Gasteiger partial charge in [0.15, 0.2) is 0 Å². The SMILES string of the molecule is COc1ccc(NC(=O)c2oc3ccccc3c2NCc2ccc(Cl)cc2)cc1. The van der Waals surface area contributed by atoms with Crippen LogP contribution in [0, 0.1) is 0 Å². The Morgan fingerprint density at radius 3 is 2.45 bits per heavy atom. The Hall–Kier alpha value is -3.44. The number of amides is 1. The molecular formula is C23H19ClN2O3. The molecule has 4 rings (SSSR count). The zero-order valence-electron chi connectivity index (χ0n) is 15.7. The average molecular weight is 407 g/mol. The quantitative estimate of drug-likeness (QED) is 0.414. The molecule has 146 valence electrons. The van der Waals surface area contributed by atoms with Crippen molar-refractivity contribution >= 4 is 39.9 Å². The minimum atomic E-state index is -0.329. The number of para-hydroxylation sites is 1. The molecular weight excluding hydrogens is 388 g/mol. The summed E-state index contributed by atoms with van der Waals surface area (Å²) >= 11 is 5.96. The van der Waals surface area contributed by atoms with E-state index in [1.54, 1.807) is 31.4 Å². The smallest absolute Gasteiger partial charge is 0.293 e. The van der Waals surface area contributed by atoms with E-state index in [0.717, 1.165) is 16.7 Å². The molecule has 29 heavy (non-hydrogen) atoms. The number of anilines is 2. The van der Waals surface area contributed by atoms with E-state index in [1.165, 1.54) is 0 Å². The summed E-state index contributed by atoms with van der Waals surface area (Å²) in [6.45, 7) is 0.531. The van der Waals surface area contributed by atoms with E-state index in [0.29, 0.717) is 28.5 Å². The molecule has 6 heteroatoms. The van der Waals surface area contributed by atoms with Crippen molar-refractivity contribution in [3.05, 3.63) is 89.1 Å². The lowest BCUT2D eigenvalue weighted by molar-refractivity contribution is 0.0999. The number of methoxy groups -OCH3 is 1. The van der Waals surface area contributed by atoms with Crippen LogP contribution in [0.25, 0.3) is 11.0 Å². The molecule has 0 atom stereocenters. The van der Waals surface area contributed by atoms with Crippen LogP contribution in [0.3, 0.4) is 0 Å². The Labute approximate surface area is 173 Å². The van der Waals surface area contributed by atoms with E-state index in [4.69, 9.17) is 20.8 Å². The first-order chi connectivity index (χ1) is 14.1. The predicted molar refractivity (Wildman–Crippen MR) is 116 cm³/mol. The number of halogens is 1. The van der Waals surface area contributed by atoms with Gasteiger partial charge in [0.2, 0.25) is 5.76 Å². The third-order valence-corrected chi connectivity index (χ3v) is 4.78. The largest absolute Gasteiger partial charge is 0.497 e. The molecule has 0 bridgehead atoms. The maximum atomic E-state index is 12.9. The standard InChI is InChI=1S/C23H19ClN2O3/c1-28-18-12-10-17(11-13-18)26-23(27)22-21(19-4-2-3-5-20(19)29-22)25-14-15-6-8-16(24)9-7-15/h2-13,25H,14H2,1H3,(H,26,27). The lowest BCUT2D eigenvalue weighted by Crippen LogP contribution is -2.13. The van der Waals surface area contributed by atoms with Crippen LogP contribution < -0.4 is 15.4 Å². The third kappa shape index (κ3) is 4.20. The second-order valence-electron chi connectivity index (χ2n) is 6.46. The van der Waals surface area contributed by atoms with Crippen LogP contribution in [0.1, 0.15) is 16.1 Å². The van der Waals surface area contributed by atoms with Crippen molar-refractivity contribution in [2.24, 2.45) is 0 Å². The van der Waals surface area contributed by atoms with Gasteiger partial charge >= 0.3 is 0 Å². The predicted octanol–water partition coefficient (Wildman–Crippen LogP) is 5.96. The van der Waals surface area contributed by atoms with Crippen molar-refractivity contribution in [3.63, 3.8) is 0 Å². The molecule has 0 spiro atoms. The van der Waals surface area contributed by atoms with Crippen molar-refractivity contribution in [2.75, 3.05) is 17.7 Å². The van der Waals surface area contributed by atoms with Crippen molar-refractivity contribution in [2.45, 2.75) is 6.54 Å². The van der Waals surface area contributed by atoms with Gasteiger partial charge in [0, 0.05) is 22.6 Å². The highest BCUT2D eigenvalue weighted by Crippen LogP contribution is 2.32. The van der Waals surface area contributed by atoms with Crippen LogP contribution in [0.4, 0.5) is 11.4 Å². The molecule has 1 amide bonds. The maximum Gasteiger partial charge on any atom is 0.293 e. The molecule has 5 nitrogen and oxygen atoms in total. The number of furan rings is 1. The summed E-state index contributed by atoms with van der Waals surface area (Å²) in [7, 11) is 1.60. The van der Waals surface area contributed by atoms with Crippen LogP contribution >= 0.6 is 11.6 Å². The first kappa shape index (κ1) is 18.9. The summed E-state index contributed by atoms with van der Waals surface area (Å²) in [5, 5.41) is 7.74. The summed E-state index contributed by atoms with van der Waals surface area (Å²) in [6.07, 6.45) is 0. The van der Waals surface area contributed by atoms with E-state index >= 15 is 0 Å². The molecule has 0 aliphatic rings. The van der Waals surface area contributed by atoms with Crippen LogP contribution in [0.15, 0.2) is 77.2 Å². The van der Waals surface area contributed by atoms with Gasteiger partial charge in [0.05, 0.1) is 12.8 Å². The van der Waals surface area contributed by atoms with Gasteiger partial charge in [-0.2, -0.15) is 0 Å². The van der Waals surface area contributed by atoms with Gasteiger partial charge in [0.1, 0.15) is 11.3 Å². The van der Waals surface area contributed by atoms with Gasteiger partial charge in [0.25, 0.3) is 5.91 Å². The van der Waals surface area contributed by atoms with E-state index < -0.39 is 0 Å². The number of nitrogens with one attached hydrogen (secondary N) is 2. The van der Waals surface area contributed by atoms with Crippen molar-refractivity contribution in [3.8, 4) is 5.75 Å². The fraction of sp³-hybridized carbons (Fsp3) is 0.0870. The molecule has 2 N–H and O–H groups in total. The number of carbonyl (C=O) groups is 1. The van der Waals surface area contributed by atoms with E-state index in [9.17, 15) is 4.79 Å². The summed E-state index contributed by atoms with van der Waals surface area (Å²) in [6, 6.07) is 22.2. The normalized spacial score (nSPS) is 10.7. The fourth-order valence-corrected chi connectivity index (χ4v) is 3.16. The highest BCUT2D eigenvalue weighted by atomic mass is 35.5. The summed E-state index contributed by atoms with van der Waals surface area (Å²) in [5.74, 6) is 0.623. The van der Waals surface area contributed by atoms with Crippen molar-refractivity contribution in [1.82, 2.24) is 0 Å². The van der Waals surface area contributed by atoms with Crippen molar-refractivity contribution in [1.29, 1.82) is 0 Å². The zero-order valence-corrected chi connectivity index (χ0v) is 16.5. The van der Waals surface area contributed by atoms with Crippen molar-refractivity contribution < 1.29 is 13.9 Å². The lowest BCUT2D eigenvalue weighted by Gasteiger charge is -2.09. The third-order valence-electron chi connectivity index (χ3n) is 4.53. The second-order valence-corrected chi connectivity index (χ2v) is 6.90. The van der Waals surface area contributed by atoms with Crippen LogP contribution in [0.2, 0.25) is 5.02 Å². The Morgan fingerprint density at radius 1 is 1.00 bits per heavy atom. The molecule has 1 heterocycles. The molecule has 0 unspecified atom stereocenters. The second kappa shape index (κ2) is 8.29. The van der Waals surface area contributed by atoms with E-state index in [1.807, 2.05) is 48.5 Å². The summed E-state index contributed by atoms with van der Waals surface area (Å²) in [4.78, 5) is 12.9. The van der Waals surface area contributed by atoms with Gasteiger partial charge in [-0.15, -0.1) is 0 Å². The molecule has 1 aromatic heterocycles. The fourth-order valence-electron chi connectivity index (χ4n) is 3.04. The topological polar surface area (TPSA) is 63.5 Å². The zero-order chi connectivity index (χ0) is 20.2. The molecule has 0 aliphatic heterocycles. The minimum absolute atomic E-state index is 0.232. The average Bonchev–Trinajstić information content (AvgIpc) is 3.13. The molecule has 0 aliphatic carbocycles. The first-order valence-electron chi connectivity index (χ1n) is 9.09. The number of ether oxygens (including phenoxy) is 1. The minimum Gasteiger partial charge on any atom is -0.497 e. The Balaban J connectivity index is 1.61. The lowest BCUT2D eigenvalue weighted by atomic mass is 10.2. The number of hydrogen-bond donors (Lipinski definition) is 2. The van der Waals surface area contributed by atoms with Gasteiger partial charge in [-0.05, 0) is 54.1 Å². The Kier molecular flexibility index (Phi) is 5.40. The number of benzene rings is 3. The summed E-state index contributed by atoms with van der Waals surface area (Å²) < 4.78 is 11.0. The maximum absolute atomic E-state index is 12.9. The van der Waals surface area contributed by atoms with Gasteiger partial charge < -0.3 is 19.8 Å². The molecule has 3 aromatic carbocycles. The molecule has 0 saturated carbocycles. The first-order valence-corrected chi connectivity index (χ1v) is 9.47. The Morgan fingerprint density at radius 2 is 1.72 bits per heavy atom. The van der Waals surface area contributed by atoms with Crippen LogP contribution in [-0.4, -0.2) is 13.0 Å². The number of fused-ring (bicyclic) bond motifs is 1. The highest BCUT2D eigenvalue weighted by Gasteiger charge is 2.20. The summed E-state index contributed by atoms with van der Waals surface area (Å²) in [5.41, 5.74) is 2.99. The number of hydrogen-bond acceptors (Lipinski definition) is 4. The van der Waals surface area contributed by atoms with Gasteiger partial charge in [-0.3, -0.25) is 4.79 Å². The van der Waals surface area contributed by atoms with Gasteiger partial charge in [-0.1, -0.05) is 35.9 Å².